The molecule has 2 aromatic carbocycles. The molecule has 2 aromatic heterocycles. The van der Waals surface area contributed by atoms with Crippen molar-refractivity contribution in [2.75, 3.05) is 24.9 Å². The Morgan fingerprint density at radius 3 is 2.38 bits per heavy atom. The number of anilines is 3. The second kappa shape index (κ2) is 10.3. The number of fused-ring (bicyclic) bond motifs is 1. The highest BCUT2D eigenvalue weighted by Crippen LogP contribution is 2.32. The lowest BCUT2D eigenvalue weighted by molar-refractivity contribution is 0.100. The summed E-state index contributed by atoms with van der Waals surface area (Å²) in [5, 5.41) is 11.4. The number of aromatic nitrogens is 4. The third-order valence-corrected chi connectivity index (χ3v) is 6.51. The van der Waals surface area contributed by atoms with Crippen molar-refractivity contribution in [2.24, 2.45) is 11.5 Å². The Morgan fingerprint density at radius 1 is 1.03 bits per heavy atom. The second-order valence-corrected chi connectivity index (χ2v) is 8.99. The first-order valence-electron chi connectivity index (χ1n) is 12.1. The van der Waals surface area contributed by atoms with E-state index in [4.69, 9.17) is 30.9 Å². The van der Waals surface area contributed by atoms with Crippen molar-refractivity contribution in [3.63, 3.8) is 0 Å². The number of primary amides is 1. The Labute approximate surface area is 214 Å². The monoisotopic (exact) mass is 502 g/mol. The minimum Gasteiger partial charge on any atom is -0.497 e. The zero-order valence-electron chi connectivity index (χ0n) is 20.8. The Kier molecular flexibility index (Phi) is 6.78. The van der Waals surface area contributed by atoms with Crippen molar-refractivity contribution in [3.8, 4) is 22.9 Å². The quantitative estimate of drug-likeness (QED) is 0.284. The van der Waals surface area contributed by atoms with E-state index >= 15 is 0 Å². The molecule has 37 heavy (non-hydrogen) atoms. The fourth-order valence-electron chi connectivity index (χ4n) is 4.58. The lowest BCUT2D eigenvalue weighted by Crippen LogP contribution is -2.43. The van der Waals surface area contributed by atoms with Gasteiger partial charge in [0.05, 0.1) is 14.2 Å². The summed E-state index contributed by atoms with van der Waals surface area (Å²) >= 11 is 0. The average Bonchev–Trinajstić information content (AvgIpc) is 3.35. The molecular weight excluding hydrogens is 472 g/mol. The van der Waals surface area contributed by atoms with Gasteiger partial charge in [-0.15, -0.1) is 5.10 Å². The van der Waals surface area contributed by atoms with E-state index in [1.807, 2.05) is 30.3 Å². The van der Waals surface area contributed by atoms with Crippen LogP contribution in [0.5, 0.6) is 11.5 Å². The summed E-state index contributed by atoms with van der Waals surface area (Å²) < 4.78 is 12.3. The Morgan fingerprint density at radius 2 is 1.73 bits per heavy atom. The first-order valence-corrected chi connectivity index (χ1v) is 12.1. The molecule has 4 aromatic rings. The van der Waals surface area contributed by atoms with E-state index in [9.17, 15) is 4.79 Å². The molecule has 0 bridgehead atoms. The maximum atomic E-state index is 12.7. The van der Waals surface area contributed by atoms with Gasteiger partial charge in [0.2, 0.25) is 5.95 Å². The van der Waals surface area contributed by atoms with Gasteiger partial charge in [-0.05, 0) is 12.8 Å². The summed E-state index contributed by atoms with van der Waals surface area (Å²) in [5.41, 5.74) is 14.1. The molecule has 0 spiro atoms. The molecular formula is C26H30N8O3. The van der Waals surface area contributed by atoms with E-state index in [1.54, 1.807) is 32.4 Å². The van der Waals surface area contributed by atoms with Crippen molar-refractivity contribution in [3.05, 3.63) is 54.1 Å². The summed E-state index contributed by atoms with van der Waals surface area (Å²) in [6.45, 7) is 0. The lowest BCUT2D eigenvalue weighted by atomic mass is 9.91. The van der Waals surface area contributed by atoms with E-state index in [0.29, 0.717) is 29.0 Å². The van der Waals surface area contributed by atoms with Crippen molar-refractivity contribution in [2.45, 2.75) is 37.8 Å². The van der Waals surface area contributed by atoms with Crippen molar-refractivity contribution in [1.82, 2.24) is 19.6 Å². The van der Waals surface area contributed by atoms with Crippen LogP contribution in [0.25, 0.3) is 17.0 Å². The van der Waals surface area contributed by atoms with Crippen LogP contribution in [0.3, 0.4) is 0 Å². The molecule has 0 radical (unpaired) electrons. The number of nitrogens with one attached hydrogen (secondary N) is 2. The molecule has 5 rings (SSSR count). The first kappa shape index (κ1) is 24.3. The number of carbonyl (C=O) groups is 1. The topological polar surface area (TPSA) is 155 Å². The fourth-order valence-corrected chi connectivity index (χ4v) is 4.58. The zero-order chi connectivity index (χ0) is 25.9. The van der Waals surface area contributed by atoms with E-state index in [2.05, 4.69) is 15.7 Å². The minimum atomic E-state index is -0.692. The summed E-state index contributed by atoms with van der Waals surface area (Å²) in [6.07, 6.45) is 3.98. The van der Waals surface area contributed by atoms with Crippen LogP contribution in [0.4, 0.5) is 17.5 Å². The predicted molar refractivity (Wildman–Crippen MR) is 141 cm³/mol. The highest BCUT2D eigenvalue weighted by Gasteiger charge is 2.27. The molecule has 0 saturated heterocycles. The number of hydrogen-bond acceptors (Lipinski definition) is 9. The van der Waals surface area contributed by atoms with Crippen LogP contribution in [-0.2, 0) is 0 Å². The van der Waals surface area contributed by atoms with E-state index in [0.717, 1.165) is 31.2 Å². The summed E-state index contributed by atoms with van der Waals surface area (Å²) in [6, 6.07) is 14.8. The largest absolute Gasteiger partial charge is 0.497 e. The third-order valence-electron chi connectivity index (χ3n) is 6.51. The van der Waals surface area contributed by atoms with E-state index in [-0.39, 0.29) is 29.1 Å². The molecule has 1 aliphatic rings. The van der Waals surface area contributed by atoms with Gasteiger partial charge in [0.15, 0.2) is 17.3 Å². The van der Waals surface area contributed by atoms with Crippen molar-refractivity contribution in [1.29, 1.82) is 0 Å². The maximum Gasteiger partial charge on any atom is 0.256 e. The van der Waals surface area contributed by atoms with Crippen LogP contribution in [0.2, 0.25) is 0 Å². The summed E-state index contributed by atoms with van der Waals surface area (Å²) in [4.78, 5) is 22.2. The Hall–Kier alpha value is -4.38. The lowest BCUT2D eigenvalue weighted by Gasteiger charge is -2.29. The maximum absolute atomic E-state index is 12.7. The van der Waals surface area contributed by atoms with E-state index < -0.39 is 5.91 Å². The van der Waals surface area contributed by atoms with Crippen LogP contribution >= 0.6 is 0 Å². The van der Waals surface area contributed by atoms with Crippen molar-refractivity contribution < 1.29 is 14.3 Å². The van der Waals surface area contributed by atoms with Crippen LogP contribution < -0.4 is 31.6 Å². The predicted octanol–water partition coefficient (Wildman–Crippen LogP) is 3.33. The highest BCUT2D eigenvalue weighted by molar-refractivity contribution is 6.04. The molecule has 1 saturated carbocycles. The van der Waals surface area contributed by atoms with Gasteiger partial charge in [-0.1, -0.05) is 43.2 Å². The van der Waals surface area contributed by atoms with Gasteiger partial charge in [-0.2, -0.15) is 9.50 Å². The molecule has 11 heteroatoms. The molecule has 1 fully saturated rings. The molecule has 1 aliphatic carbocycles. The Balaban J connectivity index is 1.67. The number of benzene rings is 2. The van der Waals surface area contributed by atoms with Crippen LogP contribution in [0, 0.1) is 0 Å². The molecule has 6 N–H and O–H groups in total. The molecule has 192 valence electrons. The first-order chi connectivity index (χ1) is 18.0. The number of carbonyl (C=O) groups excluding carboxylic acids is 1. The molecule has 11 nitrogen and oxygen atoms in total. The number of rotatable bonds is 8. The SMILES string of the molecule is COc1cc(Nc2nc(N[C@@H]3CCCC[C@@H]3N)n3nc(-c4ccccc4)nc3c2C(N)=O)cc(OC)c1. The van der Waals surface area contributed by atoms with Gasteiger partial charge in [0, 0.05) is 41.5 Å². The summed E-state index contributed by atoms with van der Waals surface area (Å²) in [5.74, 6) is 1.54. The van der Waals surface area contributed by atoms with Crippen molar-refractivity contribution >= 4 is 29.0 Å². The van der Waals surface area contributed by atoms with Gasteiger partial charge >= 0.3 is 0 Å². The van der Waals surface area contributed by atoms with Gasteiger partial charge in [-0.25, -0.2) is 4.98 Å². The number of nitrogens with zero attached hydrogens (tertiary/aromatic N) is 4. The highest BCUT2D eigenvalue weighted by atomic mass is 16.5. The van der Waals surface area contributed by atoms with Crippen LogP contribution in [0.1, 0.15) is 36.0 Å². The van der Waals surface area contributed by atoms with Gasteiger partial charge < -0.3 is 31.6 Å². The smallest absolute Gasteiger partial charge is 0.256 e. The minimum absolute atomic E-state index is 0.00184. The molecule has 2 atom stereocenters. The number of methoxy groups -OCH3 is 2. The molecule has 1 amide bonds. The number of nitrogens with two attached hydrogens (primary N) is 2. The van der Waals surface area contributed by atoms with Gasteiger partial charge in [0.25, 0.3) is 5.91 Å². The van der Waals surface area contributed by atoms with Gasteiger partial charge in [-0.3, -0.25) is 4.79 Å². The zero-order valence-corrected chi connectivity index (χ0v) is 20.8. The molecule has 0 aliphatic heterocycles. The molecule has 2 heterocycles. The second-order valence-electron chi connectivity index (χ2n) is 8.99. The normalized spacial score (nSPS) is 17.4. The molecule has 0 unspecified atom stereocenters. The number of ether oxygens (including phenoxy) is 2. The number of amides is 1. The fraction of sp³-hybridized carbons (Fsp3) is 0.308. The third kappa shape index (κ3) is 4.98. The summed E-state index contributed by atoms with van der Waals surface area (Å²) in [7, 11) is 3.13. The average molecular weight is 503 g/mol. The van der Waals surface area contributed by atoms with E-state index in [1.165, 1.54) is 4.52 Å². The number of hydrogen-bond donors (Lipinski definition) is 4. The van der Waals surface area contributed by atoms with Crippen LogP contribution in [-0.4, -0.2) is 51.8 Å². The standard InChI is InChI=1S/C26H30N8O3/c1-36-17-12-16(13-18(14-17)37-2)29-24-21(22(28)35)25-31-23(15-8-4-3-5-9-15)33-34(25)26(32-24)30-20-11-7-6-10-19(20)27/h3-5,8-9,12-14,19-20,29H,6-7,10-11,27H2,1-2H3,(H2,28,35)(H,30,32)/t19-,20+/m0/s1. The van der Waals surface area contributed by atoms with Gasteiger partial charge in [0.1, 0.15) is 17.1 Å². The van der Waals surface area contributed by atoms with Crippen LogP contribution in [0.15, 0.2) is 48.5 Å². The Bertz CT molecular complexity index is 1400.